The van der Waals surface area contributed by atoms with Crippen LogP contribution in [0.2, 0.25) is 0 Å². The first-order valence-electron chi connectivity index (χ1n) is 14.9. The molecule has 0 radical (unpaired) electrons. The number of benzene rings is 6. The summed E-state index contributed by atoms with van der Waals surface area (Å²) in [6.45, 7) is 0. The van der Waals surface area contributed by atoms with Crippen LogP contribution < -0.4 is 0 Å². The molecular weight excluding hydrogens is 550 g/mol. The van der Waals surface area contributed by atoms with Gasteiger partial charge >= 0.3 is 0 Å². The Hall–Kier alpha value is -6.13. The number of rotatable bonds is 6. The van der Waals surface area contributed by atoms with Crippen LogP contribution in [0.3, 0.4) is 0 Å². The second-order valence-electron chi connectivity index (χ2n) is 10.9. The van der Waals surface area contributed by atoms with E-state index in [1.807, 2.05) is 85.1 Å². The van der Waals surface area contributed by atoms with Crippen molar-refractivity contribution in [3.05, 3.63) is 164 Å². The molecular formula is C41H27N3O. The molecule has 2 aromatic heterocycles. The van der Waals surface area contributed by atoms with Gasteiger partial charge in [-0.05, 0) is 52.1 Å². The van der Waals surface area contributed by atoms with Crippen LogP contribution in [0, 0.1) is 0 Å². The number of nitrogens with zero attached hydrogens (tertiary/aromatic N) is 3. The second-order valence-corrected chi connectivity index (χ2v) is 10.9. The normalized spacial score (nSPS) is 11.1. The van der Waals surface area contributed by atoms with E-state index in [1.54, 1.807) is 0 Å². The van der Waals surface area contributed by atoms with Crippen LogP contribution in [-0.4, -0.2) is 15.0 Å². The van der Waals surface area contributed by atoms with Crippen LogP contribution in [0.15, 0.2) is 168 Å². The largest absolute Gasteiger partial charge is 0.464 e. The molecule has 0 atom stereocenters. The summed E-state index contributed by atoms with van der Waals surface area (Å²) in [7, 11) is 0. The van der Waals surface area contributed by atoms with Crippen molar-refractivity contribution in [3.8, 4) is 67.5 Å². The van der Waals surface area contributed by atoms with Gasteiger partial charge in [0.15, 0.2) is 17.5 Å². The van der Waals surface area contributed by atoms with E-state index >= 15 is 0 Å². The van der Waals surface area contributed by atoms with E-state index in [2.05, 4.69) is 78.9 Å². The lowest BCUT2D eigenvalue weighted by atomic mass is 9.95. The fourth-order valence-electron chi connectivity index (χ4n) is 5.72. The topological polar surface area (TPSA) is 51.8 Å². The average Bonchev–Trinajstić information content (AvgIpc) is 3.57. The summed E-state index contributed by atoms with van der Waals surface area (Å²) in [5.41, 5.74) is 10.5. The van der Waals surface area contributed by atoms with Gasteiger partial charge in [0.2, 0.25) is 0 Å². The van der Waals surface area contributed by atoms with E-state index in [1.165, 1.54) is 0 Å². The first-order valence-corrected chi connectivity index (χ1v) is 14.9. The van der Waals surface area contributed by atoms with Gasteiger partial charge in [-0.25, -0.2) is 15.0 Å². The molecule has 0 aliphatic rings. The molecule has 0 aliphatic carbocycles. The summed E-state index contributed by atoms with van der Waals surface area (Å²) >= 11 is 0. The average molecular weight is 578 g/mol. The van der Waals surface area contributed by atoms with Gasteiger partial charge in [-0.15, -0.1) is 0 Å². The molecule has 0 bridgehead atoms. The zero-order valence-electron chi connectivity index (χ0n) is 24.3. The third-order valence-electron chi connectivity index (χ3n) is 8.00. The zero-order chi connectivity index (χ0) is 30.0. The Kier molecular flexibility index (Phi) is 6.78. The molecule has 4 heteroatoms. The maximum absolute atomic E-state index is 5.82. The van der Waals surface area contributed by atoms with Gasteiger partial charge in [0.1, 0.15) is 5.58 Å². The zero-order valence-corrected chi connectivity index (χ0v) is 24.3. The molecule has 4 nitrogen and oxygen atoms in total. The summed E-state index contributed by atoms with van der Waals surface area (Å²) in [6.07, 6.45) is 1.85. The maximum atomic E-state index is 5.82. The molecule has 45 heavy (non-hydrogen) atoms. The van der Waals surface area contributed by atoms with Crippen LogP contribution >= 0.6 is 0 Å². The molecule has 0 amide bonds. The molecule has 0 saturated carbocycles. The number of aromatic nitrogens is 3. The van der Waals surface area contributed by atoms with E-state index in [9.17, 15) is 0 Å². The van der Waals surface area contributed by atoms with E-state index in [-0.39, 0.29) is 0 Å². The molecule has 6 aromatic carbocycles. The fraction of sp³-hybridized carbons (Fsp3) is 0. The van der Waals surface area contributed by atoms with Crippen LogP contribution in [0.5, 0.6) is 0 Å². The maximum Gasteiger partial charge on any atom is 0.164 e. The highest BCUT2D eigenvalue weighted by Crippen LogP contribution is 2.35. The molecule has 8 rings (SSSR count). The Morgan fingerprint density at radius 1 is 0.333 bits per heavy atom. The molecule has 2 heterocycles. The Labute approximate surface area is 261 Å². The molecule has 0 spiro atoms. The van der Waals surface area contributed by atoms with Crippen LogP contribution in [0.4, 0.5) is 0 Å². The lowest BCUT2D eigenvalue weighted by molar-refractivity contribution is 0.617. The highest BCUT2D eigenvalue weighted by atomic mass is 16.3. The number of hydrogen-bond donors (Lipinski definition) is 0. The highest BCUT2D eigenvalue weighted by molar-refractivity contribution is 5.94. The van der Waals surface area contributed by atoms with Gasteiger partial charge in [-0.3, -0.25) is 0 Å². The number of furan rings is 1. The minimum atomic E-state index is 0.640. The summed E-state index contributed by atoms with van der Waals surface area (Å²) < 4.78 is 5.82. The Balaban J connectivity index is 1.17. The second kappa shape index (κ2) is 11.5. The molecule has 212 valence electrons. The predicted molar refractivity (Wildman–Crippen MR) is 182 cm³/mol. The Bertz CT molecular complexity index is 2220. The molecule has 0 N–H and O–H groups in total. The van der Waals surface area contributed by atoms with Gasteiger partial charge in [-0.1, -0.05) is 133 Å². The third kappa shape index (κ3) is 5.30. The highest BCUT2D eigenvalue weighted by Gasteiger charge is 2.14. The number of hydrogen-bond acceptors (Lipinski definition) is 4. The summed E-state index contributed by atoms with van der Waals surface area (Å²) in [5, 5.41) is 1.12. The van der Waals surface area contributed by atoms with Gasteiger partial charge in [0.05, 0.1) is 6.26 Å². The van der Waals surface area contributed by atoms with E-state index < -0.39 is 0 Å². The lowest BCUT2D eigenvalue weighted by Gasteiger charge is -2.11. The molecule has 0 unspecified atom stereocenters. The van der Waals surface area contributed by atoms with E-state index in [0.717, 1.165) is 61.0 Å². The van der Waals surface area contributed by atoms with Crippen molar-refractivity contribution >= 4 is 11.0 Å². The minimum Gasteiger partial charge on any atom is -0.464 e. The van der Waals surface area contributed by atoms with Gasteiger partial charge in [0.25, 0.3) is 0 Å². The molecule has 0 saturated heterocycles. The van der Waals surface area contributed by atoms with E-state index in [4.69, 9.17) is 19.4 Å². The quantitative estimate of drug-likeness (QED) is 0.197. The Morgan fingerprint density at radius 2 is 0.733 bits per heavy atom. The van der Waals surface area contributed by atoms with Crippen molar-refractivity contribution in [2.75, 3.05) is 0 Å². The third-order valence-corrected chi connectivity index (χ3v) is 8.00. The van der Waals surface area contributed by atoms with Crippen molar-refractivity contribution < 1.29 is 4.42 Å². The fourth-order valence-corrected chi connectivity index (χ4v) is 5.72. The van der Waals surface area contributed by atoms with Crippen molar-refractivity contribution in [3.63, 3.8) is 0 Å². The first-order chi connectivity index (χ1) is 22.3. The van der Waals surface area contributed by atoms with E-state index in [0.29, 0.717) is 17.5 Å². The SMILES string of the molecule is c1ccc(-c2nc(-c3ccccc3)nc(-c3cccc(-c4cccc(-c5cccc(-c6coc7ccccc67)c5)c4)c3)n2)cc1. The smallest absolute Gasteiger partial charge is 0.164 e. The van der Waals surface area contributed by atoms with Crippen LogP contribution in [0.1, 0.15) is 0 Å². The predicted octanol–water partition coefficient (Wildman–Crippen LogP) is 10.6. The summed E-state index contributed by atoms with van der Waals surface area (Å²) in [6, 6.07) is 54.0. The number of fused-ring (bicyclic) bond motifs is 1. The van der Waals surface area contributed by atoms with Gasteiger partial charge in [0, 0.05) is 27.6 Å². The van der Waals surface area contributed by atoms with Crippen molar-refractivity contribution in [1.29, 1.82) is 0 Å². The lowest BCUT2D eigenvalue weighted by Crippen LogP contribution is -2.00. The molecule has 0 aliphatic heterocycles. The summed E-state index contributed by atoms with van der Waals surface area (Å²) in [5.74, 6) is 1.94. The van der Waals surface area contributed by atoms with Gasteiger partial charge < -0.3 is 4.42 Å². The summed E-state index contributed by atoms with van der Waals surface area (Å²) in [4.78, 5) is 14.7. The Morgan fingerprint density at radius 3 is 1.31 bits per heavy atom. The van der Waals surface area contributed by atoms with Gasteiger partial charge in [-0.2, -0.15) is 0 Å². The monoisotopic (exact) mass is 577 g/mol. The van der Waals surface area contributed by atoms with Crippen LogP contribution in [-0.2, 0) is 0 Å². The van der Waals surface area contributed by atoms with Crippen molar-refractivity contribution in [2.45, 2.75) is 0 Å². The van der Waals surface area contributed by atoms with Crippen molar-refractivity contribution in [1.82, 2.24) is 15.0 Å². The standard InChI is InChI=1S/C41H27N3O/c1-3-12-28(13-4-1)39-42-40(29-14-5-2-6-15-29)44-41(43-39)35-21-11-19-33(26-35)31-17-9-16-30(24-31)32-18-10-20-34(25-32)37-27-45-38-23-8-7-22-36(37)38/h1-27H. The van der Waals surface area contributed by atoms with Crippen molar-refractivity contribution in [2.24, 2.45) is 0 Å². The number of para-hydroxylation sites is 1. The molecule has 8 aromatic rings. The molecule has 0 fully saturated rings. The first kappa shape index (κ1) is 26.5. The minimum absolute atomic E-state index is 0.640. The van der Waals surface area contributed by atoms with Crippen LogP contribution in [0.25, 0.3) is 78.5 Å².